The third-order valence-corrected chi connectivity index (χ3v) is 3.61. The van der Waals surface area contributed by atoms with Crippen molar-refractivity contribution >= 4 is 12.0 Å². The van der Waals surface area contributed by atoms with E-state index >= 15 is 0 Å². The van der Waals surface area contributed by atoms with Gasteiger partial charge in [0.25, 0.3) is 5.92 Å². The summed E-state index contributed by atoms with van der Waals surface area (Å²) in [6, 6.07) is 3.65. The maximum atomic E-state index is 14.0. The fourth-order valence-electron chi connectivity index (χ4n) is 2.32. The third-order valence-electron chi connectivity index (χ3n) is 3.61. The van der Waals surface area contributed by atoms with E-state index in [2.05, 4.69) is 4.99 Å². The van der Waals surface area contributed by atoms with Crippen molar-refractivity contribution in [2.24, 2.45) is 10.4 Å². The molecule has 1 aromatic carbocycles. The maximum Gasteiger partial charge on any atom is 0.281 e. The summed E-state index contributed by atoms with van der Waals surface area (Å²) >= 11 is 0. The van der Waals surface area contributed by atoms with Crippen LogP contribution < -0.4 is 4.74 Å². The summed E-state index contributed by atoms with van der Waals surface area (Å²) in [5.41, 5.74) is 2.08. The van der Waals surface area contributed by atoms with Crippen molar-refractivity contribution in [2.75, 3.05) is 20.2 Å². The molecule has 3 nitrogen and oxygen atoms in total. The molecule has 136 valence electrons. The molecule has 0 amide bonds. The molecule has 0 heterocycles. The van der Waals surface area contributed by atoms with Crippen LogP contribution in [0.5, 0.6) is 5.75 Å². The zero-order valence-electron chi connectivity index (χ0n) is 15.9. The monoisotopic (exact) mass is 340 g/mol. The molecule has 0 aromatic heterocycles. The zero-order valence-corrected chi connectivity index (χ0v) is 15.9. The van der Waals surface area contributed by atoms with Crippen LogP contribution in [-0.4, -0.2) is 37.4 Å². The zero-order chi connectivity index (χ0) is 18.5. The summed E-state index contributed by atoms with van der Waals surface area (Å²) in [7, 11) is 1.94. The number of hydrogen-bond donors (Lipinski definition) is 0. The molecule has 0 spiro atoms. The highest BCUT2D eigenvalue weighted by Crippen LogP contribution is 2.33. The van der Waals surface area contributed by atoms with Crippen LogP contribution in [0, 0.1) is 19.3 Å². The Morgan fingerprint density at radius 2 is 1.79 bits per heavy atom. The molecule has 24 heavy (non-hydrogen) atoms. The van der Waals surface area contributed by atoms with Gasteiger partial charge in [0.1, 0.15) is 5.75 Å². The van der Waals surface area contributed by atoms with E-state index in [0.29, 0.717) is 5.75 Å². The quantitative estimate of drug-likeness (QED) is 0.493. The minimum Gasteiger partial charge on any atom is -0.487 e. The highest BCUT2D eigenvalue weighted by molar-refractivity contribution is 5.64. The fraction of sp³-hybridized carbons (Fsp3) is 0.632. The van der Waals surface area contributed by atoms with E-state index in [4.69, 9.17) is 4.74 Å². The molecule has 0 aliphatic rings. The lowest BCUT2D eigenvalue weighted by atomic mass is 9.89. The van der Waals surface area contributed by atoms with E-state index in [0.717, 1.165) is 23.4 Å². The van der Waals surface area contributed by atoms with Crippen molar-refractivity contribution in [1.29, 1.82) is 0 Å². The van der Waals surface area contributed by atoms with Gasteiger partial charge in [-0.1, -0.05) is 20.8 Å². The summed E-state index contributed by atoms with van der Waals surface area (Å²) in [6.45, 7) is 11.5. The topological polar surface area (TPSA) is 24.8 Å². The predicted octanol–water partition coefficient (Wildman–Crippen LogP) is 5.37. The number of alkyl halides is 2. The van der Waals surface area contributed by atoms with E-state index in [-0.39, 0.29) is 6.42 Å². The number of hydrogen-bond acceptors (Lipinski definition) is 2. The molecular weight excluding hydrogens is 310 g/mol. The van der Waals surface area contributed by atoms with Gasteiger partial charge < -0.3 is 9.64 Å². The van der Waals surface area contributed by atoms with Crippen LogP contribution in [0.4, 0.5) is 14.5 Å². The van der Waals surface area contributed by atoms with Crippen LogP contribution in [0.15, 0.2) is 17.1 Å². The van der Waals surface area contributed by atoms with E-state index in [1.165, 1.54) is 0 Å². The Morgan fingerprint density at radius 3 is 2.33 bits per heavy atom. The number of rotatable bonds is 7. The first kappa shape index (κ1) is 20.4. The van der Waals surface area contributed by atoms with Gasteiger partial charge in [-0.2, -0.15) is 0 Å². The lowest BCUT2D eigenvalue weighted by Gasteiger charge is -2.26. The highest BCUT2D eigenvalue weighted by Gasteiger charge is 2.35. The van der Waals surface area contributed by atoms with Gasteiger partial charge in [0.15, 0.2) is 6.61 Å². The molecule has 0 bridgehead atoms. The molecule has 0 unspecified atom stereocenters. The standard InChI is InChI=1S/C19H30F2N2O/c1-8-23(7)13-22-16-9-15(3)17(10-14(16)2)24-12-19(20,21)11-18(4,5)6/h9-10,13H,8,11-12H2,1-7H3. The second-order valence-electron chi connectivity index (χ2n) is 7.60. The Hall–Kier alpha value is -1.65. The van der Waals surface area contributed by atoms with Gasteiger partial charge >= 0.3 is 0 Å². The SMILES string of the molecule is CCN(C)C=Nc1cc(C)c(OCC(F)(F)CC(C)(C)C)cc1C. The lowest BCUT2D eigenvalue weighted by Crippen LogP contribution is -2.31. The molecule has 0 atom stereocenters. The average molecular weight is 340 g/mol. The van der Waals surface area contributed by atoms with Crippen LogP contribution in [0.25, 0.3) is 0 Å². The number of ether oxygens (including phenoxy) is 1. The van der Waals surface area contributed by atoms with Gasteiger partial charge in [-0.15, -0.1) is 0 Å². The fourth-order valence-corrected chi connectivity index (χ4v) is 2.32. The van der Waals surface area contributed by atoms with Gasteiger partial charge in [-0.05, 0) is 49.4 Å². The lowest BCUT2D eigenvalue weighted by molar-refractivity contribution is -0.0696. The molecule has 1 rings (SSSR count). The van der Waals surface area contributed by atoms with Crippen LogP contribution >= 0.6 is 0 Å². The first-order valence-electron chi connectivity index (χ1n) is 8.30. The number of benzene rings is 1. The summed E-state index contributed by atoms with van der Waals surface area (Å²) in [4.78, 5) is 6.40. The molecule has 0 saturated heterocycles. The Morgan fingerprint density at radius 1 is 1.17 bits per heavy atom. The second kappa shape index (κ2) is 7.95. The van der Waals surface area contributed by atoms with Gasteiger partial charge in [-0.3, -0.25) is 0 Å². The first-order valence-corrected chi connectivity index (χ1v) is 8.30. The predicted molar refractivity (Wildman–Crippen MR) is 96.9 cm³/mol. The Labute approximate surface area is 144 Å². The van der Waals surface area contributed by atoms with Gasteiger partial charge in [0.05, 0.1) is 12.0 Å². The molecule has 1 aromatic rings. The van der Waals surface area contributed by atoms with E-state index in [1.54, 1.807) is 33.2 Å². The molecule has 0 fully saturated rings. The molecule has 0 radical (unpaired) electrons. The number of halogens is 2. The first-order chi connectivity index (χ1) is 10.9. The van der Waals surface area contributed by atoms with E-state index < -0.39 is 17.9 Å². The van der Waals surface area contributed by atoms with Crippen molar-refractivity contribution in [2.45, 2.75) is 53.9 Å². The molecule has 0 aliphatic carbocycles. The third kappa shape index (κ3) is 6.85. The van der Waals surface area contributed by atoms with Crippen molar-refractivity contribution in [3.63, 3.8) is 0 Å². The van der Waals surface area contributed by atoms with Crippen LogP contribution in [-0.2, 0) is 0 Å². The molecule has 0 aliphatic heterocycles. The van der Waals surface area contributed by atoms with Gasteiger partial charge in [-0.25, -0.2) is 13.8 Å². The van der Waals surface area contributed by atoms with Crippen LogP contribution in [0.3, 0.4) is 0 Å². The summed E-state index contributed by atoms with van der Waals surface area (Å²) < 4.78 is 33.4. The number of aliphatic imine (C=N–C) groups is 1. The van der Waals surface area contributed by atoms with Gasteiger partial charge in [0, 0.05) is 20.0 Å². The van der Waals surface area contributed by atoms with E-state index in [9.17, 15) is 8.78 Å². The van der Waals surface area contributed by atoms with Crippen molar-refractivity contribution in [3.05, 3.63) is 23.3 Å². The van der Waals surface area contributed by atoms with Crippen molar-refractivity contribution < 1.29 is 13.5 Å². The normalized spacial score (nSPS) is 12.7. The summed E-state index contributed by atoms with van der Waals surface area (Å²) in [5.74, 6) is -2.36. The maximum absolute atomic E-state index is 14.0. The Balaban J connectivity index is 2.84. The molecule has 0 N–H and O–H groups in total. The number of aryl methyl sites for hydroxylation is 2. The van der Waals surface area contributed by atoms with Crippen LogP contribution in [0.2, 0.25) is 0 Å². The van der Waals surface area contributed by atoms with Crippen LogP contribution in [0.1, 0.15) is 45.2 Å². The molecular formula is C19H30F2N2O. The van der Waals surface area contributed by atoms with Crippen molar-refractivity contribution in [1.82, 2.24) is 4.90 Å². The summed E-state index contributed by atoms with van der Waals surface area (Å²) in [6.07, 6.45) is 1.56. The minimum absolute atomic E-state index is 0.205. The largest absolute Gasteiger partial charge is 0.487 e. The van der Waals surface area contributed by atoms with Crippen molar-refractivity contribution in [3.8, 4) is 5.75 Å². The minimum atomic E-state index is -2.85. The van der Waals surface area contributed by atoms with E-state index in [1.807, 2.05) is 38.8 Å². The average Bonchev–Trinajstić information content (AvgIpc) is 2.43. The Kier molecular flexibility index (Phi) is 6.76. The summed E-state index contributed by atoms with van der Waals surface area (Å²) in [5, 5.41) is 0. The molecule has 0 saturated carbocycles. The Bertz CT molecular complexity index is 577. The smallest absolute Gasteiger partial charge is 0.281 e. The molecule has 5 heteroatoms. The van der Waals surface area contributed by atoms with Gasteiger partial charge in [0.2, 0.25) is 0 Å². The number of nitrogens with zero attached hydrogens (tertiary/aromatic N) is 2. The second-order valence-corrected chi connectivity index (χ2v) is 7.60. The highest BCUT2D eigenvalue weighted by atomic mass is 19.3.